The number of imidazole rings is 1. The fourth-order valence-electron chi connectivity index (χ4n) is 2.19. The second kappa shape index (κ2) is 5.22. The molecule has 1 heterocycles. The van der Waals surface area contributed by atoms with E-state index < -0.39 is 15.6 Å². The lowest BCUT2D eigenvalue weighted by atomic mass is 10.1. The highest BCUT2D eigenvalue weighted by molar-refractivity contribution is 7.88. The zero-order valence-corrected chi connectivity index (χ0v) is 12.5. The van der Waals surface area contributed by atoms with Crippen molar-refractivity contribution in [1.29, 1.82) is 0 Å². The molecule has 1 aliphatic carbocycles. The molecule has 0 aliphatic heterocycles. The first-order valence-corrected chi connectivity index (χ1v) is 8.36. The highest BCUT2D eigenvalue weighted by Crippen LogP contribution is 2.35. The molecule has 1 aromatic rings. The fraction of sp³-hybridized carbons (Fsp3) is 0.750. The smallest absolute Gasteiger partial charge is 0.209 e. The molecule has 0 atom stereocenters. The Hall–Kier alpha value is -0.920. The van der Waals surface area contributed by atoms with E-state index in [2.05, 4.69) is 19.6 Å². The first-order valence-electron chi connectivity index (χ1n) is 6.47. The summed E-state index contributed by atoms with van der Waals surface area (Å²) in [6.45, 7) is 4.99. The third kappa shape index (κ3) is 4.59. The molecule has 0 aromatic carbocycles. The van der Waals surface area contributed by atoms with E-state index in [1.165, 1.54) is 19.1 Å². The Morgan fingerprint density at radius 2 is 2.16 bits per heavy atom. The molecule has 1 fully saturated rings. The van der Waals surface area contributed by atoms with Crippen LogP contribution in [0.25, 0.3) is 0 Å². The van der Waals surface area contributed by atoms with Gasteiger partial charge in [0.15, 0.2) is 0 Å². The zero-order chi connectivity index (χ0) is 14.1. The van der Waals surface area contributed by atoms with Crippen molar-refractivity contribution in [1.82, 2.24) is 19.6 Å². The van der Waals surface area contributed by atoms with Gasteiger partial charge in [0.1, 0.15) is 0 Å². The van der Waals surface area contributed by atoms with Gasteiger partial charge in [0.05, 0.1) is 18.3 Å². The Labute approximate surface area is 114 Å². The Kier molecular flexibility index (Phi) is 3.98. The predicted octanol–water partition coefficient (Wildman–Crippen LogP) is 0.635. The molecule has 6 nitrogen and oxygen atoms in total. The fourth-order valence-corrected chi connectivity index (χ4v) is 3.27. The first kappa shape index (κ1) is 14.5. The quantitative estimate of drug-likeness (QED) is 0.771. The van der Waals surface area contributed by atoms with Crippen molar-refractivity contribution in [3.05, 3.63) is 18.2 Å². The van der Waals surface area contributed by atoms with Gasteiger partial charge < -0.3 is 9.88 Å². The van der Waals surface area contributed by atoms with E-state index in [1.54, 1.807) is 0 Å². The van der Waals surface area contributed by atoms with Gasteiger partial charge in [-0.3, -0.25) is 0 Å². The minimum Gasteiger partial charge on any atom is -0.330 e. The molecule has 0 radical (unpaired) electrons. The van der Waals surface area contributed by atoms with Crippen molar-refractivity contribution in [3.8, 4) is 0 Å². The Morgan fingerprint density at radius 1 is 1.47 bits per heavy atom. The maximum absolute atomic E-state index is 11.2. The molecular weight excluding hydrogens is 264 g/mol. The summed E-state index contributed by atoms with van der Waals surface area (Å²) in [7, 11) is -3.19. The molecule has 0 unspecified atom stereocenters. The van der Waals surface area contributed by atoms with E-state index in [9.17, 15) is 8.42 Å². The van der Waals surface area contributed by atoms with Gasteiger partial charge in [0.25, 0.3) is 0 Å². The normalized spacial score (nSPS) is 16.8. The van der Waals surface area contributed by atoms with E-state index in [0.717, 1.165) is 5.69 Å². The average Bonchev–Trinajstić information content (AvgIpc) is 2.96. The maximum Gasteiger partial charge on any atom is 0.209 e. The van der Waals surface area contributed by atoms with Crippen LogP contribution in [0.5, 0.6) is 0 Å². The summed E-state index contributed by atoms with van der Waals surface area (Å²) in [6, 6.07) is 0.612. The lowest BCUT2D eigenvalue weighted by molar-refractivity contribution is 0.417. The summed E-state index contributed by atoms with van der Waals surface area (Å²) < 4.78 is 27.3. The van der Waals surface area contributed by atoms with Gasteiger partial charge in [-0.2, -0.15) is 0 Å². The van der Waals surface area contributed by atoms with E-state index >= 15 is 0 Å². The monoisotopic (exact) mass is 286 g/mol. The van der Waals surface area contributed by atoms with Gasteiger partial charge >= 0.3 is 0 Å². The Balaban J connectivity index is 1.84. The zero-order valence-electron chi connectivity index (χ0n) is 11.7. The van der Waals surface area contributed by atoms with E-state index in [1.807, 2.05) is 26.4 Å². The Bertz CT molecular complexity index is 532. The number of nitrogens with zero attached hydrogens (tertiary/aromatic N) is 2. The predicted molar refractivity (Wildman–Crippen MR) is 74.3 cm³/mol. The first-order chi connectivity index (χ1) is 8.77. The minimum absolute atomic E-state index is 0.502. The molecule has 19 heavy (non-hydrogen) atoms. The topological polar surface area (TPSA) is 76.0 Å². The molecule has 1 aromatic heterocycles. The molecule has 2 rings (SSSR count). The molecule has 2 N–H and O–H groups in total. The molecule has 0 bridgehead atoms. The molecule has 0 spiro atoms. The van der Waals surface area contributed by atoms with Gasteiger partial charge in [-0.15, -0.1) is 0 Å². The average molecular weight is 286 g/mol. The number of hydrogen-bond acceptors (Lipinski definition) is 4. The molecule has 108 valence electrons. The summed E-state index contributed by atoms with van der Waals surface area (Å²) in [5, 5.41) is 3.29. The van der Waals surface area contributed by atoms with Crippen molar-refractivity contribution < 1.29 is 8.42 Å². The van der Waals surface area contributed by atoms with Crippen molar-refractivity contribution in [2.45, 2.75) is 44.8 Å². The van der Waals surface area contributed by atoms with Crippen LogP contribution in [0.2, 0.25) is 0 Å². The van der Waals surface area contributed by atoms with E-state index in [-0.39, 0.29) is 0 Å². The molecular formula is C12H22N4O2S. The van der Waals surface area contributed by atoms with Crippen LogP contribution in [0.1, 0.15) is 38.4 Å². The molecule has 1 saturated carbocycles. The van der Waals surface area contributed by atoms with Gasteiger partial charge in [-0.1, -0.05) is 0 Å². The molecule has 0 saturated heterocycles. The SMILES string of the molecule is CC(C)(CNCc1cncn1C1CC1)NS(C)(=O)=O. The molecule has 1 aliphatic rings. The van der Waals surface area contributed by atoms with Crippen molar-refractivity contribution in [2.75, 3.05) is 12.8 Å². The number of aromatic nitrogens is 2. The summed E-state index contributed by atoms with van der Waals surface area (Å²) in [5.74, 6) is 0. The van der Waals surface area contributed by atoms with Gasteiger partial charge in [-0.05, 0) is 26.7 Å². The van der Waals surface area contributed by atoms with Gasteiger partial charge in [0, 0.05) is 30.9 Å². The van der Waals surface area contributed by atoms with Crippen LogP contribution in [-0.4, -0.2) is 36.3 Å². The summed E-state index contributed by atoms with van der Waals surface area (Å²) in [4.78, 5) is 4.17. The van der Waals surface area contributed by atoms with Crippen LogP contribution in [0.15, 0.2) is 12.5 Å². The summed E-state index contributed by atoms with van der Waals surface area (Å²) >= 11 is 0. The molecule has 7 heteroatoms. The van der Waals surface area contributed by atoms with Crippen molar-refractivity contribution in [3.63, 3.8) is 0 Å². The number of hydrogen-bond donors (Lipinski definition) is 2. The highest BCUT2D eigenvalue weighted by Gasteiger charge is 2.25. The maximum atomic E-state index is 11.2. The van der Waals surface area contributed by atoms with E-state index in [4.69, 9.17) is 0 Å². The van der Waals surface area contributed by atoms with Crippen LogP contribution >= 0.6 is 0 Å². The summed E-state index contributed by atoms with van der Waals surface area (Å²) in [6.07, 6.45) is 7.36. The number of nitrogens with one attached hydrogen (secondary N) is 2. The molecule has 0 amide bonds. The summed E-state index contributed by atoms with van der Waals surface area (Å²) in [5.41, 5.74) is 0.649. The highest BCUT2D eigenvalue weighted by atomic mass is 32.2. The van der Waals surface area contributed by atoms with Gasteiger partial charge in [-0.25, -0.2) is 18.1 Å². The lowest BCUT2D eigenvalue weighted by Gasteiger charge is -2.25. The number of rotatable bonds is 7. The van der Waals surface area contributed by atoms with Crippen LogP contribution in [0, 0.1) is 0 Å². The van der Waals surface area contributed by atoms with Crippen LogP contribution in [0.3, 0.4) is 0 Å². The van der Waals surface area contributed by atoms with Crippen molar-refractivity contribution in [2.24, 2.45) is 0 Å². The van der Waals surface area contributed by atoms with Crippen LogP contribution < -0.4 is 10.0 Å². The van der Waals surface area contributed by atoms with Crippen molar-refractivity contribution >= 4 is 10.0 Å². The number of sulfonamides is 1. The second-order valence-corrected chi connectivity index (χ2v) is 7.63. The van der Waals surface area contributed by atoms with E-state index in [0.29, 0.717) is 19.1 Å². The van der Waals surface area contributed by atoms with Crippen LogP contribution in [-0.2, 0) is 16.6 Å². The second-order valence-electron chi connectivity index (χ2n) is 5.89. The minimum atomic E-state index is -3.19. The van der Waals surface area contributed by atoms with Gasteiger partial charge in [0.2, 0.25) is 10.0 Å². The third-order valence-corrected chi connectivity index (χ3v) is 3.94. The lowest BCUT2D eigenvalue weighted by Crippen LogP contribution is -2.49. The third-order valence-electron chi connectivity index (χ3n) is 3.02. The Morgan fingerprint density at radius 3 is 2.74 bits per heavy atom. The largest absolute Gasteiger partial charge is 0.330 e. The standard InChI is InChI=1S/C12H22N4O2S/c1-12(2,15-19(3,17)18)8-13-6-11-7-14-9-16(11)10-4-5-10/h7,9-10,13,15H,4-6,8H2,1-3H3. The van der Waals surface area contributed by atoms with Crippen LogP contribution in [0.4, 0.5) is 0 Å².